The first-order valence-electron chi connectivity index (χ1n) is 9.42. The van der Waals surface area contributed by atoms with Crippen LogP contribution in [0.15, 0.2) is 24.3 Å². The Hall–Kier alpha value is -1.59. The number of ether oxygens (including phenoxy) is 1. The van der Waals surface area contributed by atoms with E-state index in [-0.39, 0.29) is 17.2 Å². The average Bonchev–Trinajstić information content (AvgIpc) is 3.38. The number of hydrogen-bond donors (Lipinski definition) is 1. The molecule has 5 heteroatoms. The number of carbonyl (C=O) groups is 1. The van der Waals surface area contributed by atoms with Crippen molar-refractivity contribution in [1.82, 2.24) is 9.80 Å². The van der Waals surface area contributed by atoms with Crippen molar-refractivity contribution in [2.45, 2.75) is 31.2 Å². The van der Waals surface area contributed by atoms with E-state index in [9.17, 15) is 9.90 Å². The van der Waals surface area contributed by atoms with Crippen LogP contribution in [0.4, 0.5) is 0 Å². The molecule has 1 aliphatic carbocycles. The Morgan fingerprint density at radius 2 is 2.08 bits per heavy atom. The van der Waals surface area contributed by atoms with Gasteiger partial charge < -0.3 is 14.7 Å². The van der Waals surface area contributed by atoms with Crippen molar-refractivity contribution in [3.63, 3.8) is 0 Å². The number of piperidine rings is 1. The molecule has 1 N–H and O–H groups in total. The Kier molecular flexibility index (Phi) is 4.46. The maximum atomic E-state index is 12.7. The molecule has 2 aliphatic heterocycles. The van der Waals surface area contributed by atoms with Crippen molar-refractivity contribution in [3.05, 3.63) is 29.8 Å². The Balaban J connectivity index is 1.45. The van der Waals surface area contributed by atoms with Gasteiger partial charge in [0.05, 0.1) is 5.54 Å². The lowest BCUT2D eigenvalue weighted by atomic mass is 9.74. The second-order valence-corrected chi connectivity index (χ2v) is 8.14. The zero-order valence-electron chi connectivity index (χ0n) is 15.0. The van der Waals surface area contributed by atoms with Crippen LogP contribution < -0.4 is 0 Å². The van der Waals surface area contributed by atoms with Crippen molar-refractivity contribution in [2.75, 3.05) is 39.9 Å². The van der Waals surface area contributed by atoms with Crippen LogP contribution in [0.5, 0.6) is 5.75 Å². The number of methoxy groups -OCH3 is 1. The fraction of sp³-hybridized carbons (Fsp3) is 0.650. The standard InChI is InChI=1S/C20H28N2O3/c1-25-12-16-7-8-22(11-15-5-6-15)20(10-16)13-21(14-20)19(24)17-3-2-4-18(23)9-17/h2-4,9,15-16,23H,5-8,10-14H2,1H3. The van der Waals surface area contributed by atoms with E-state index in [0.29, 0.717) is 11.5 Å². The van der Waals surface area contributed by atoms with Crippen molar-refractivity contribution in [2.24, 2.45) is 11.8 Å². The summed E-state index contributed by atoms with van der Waals surface area (Å²) in [6, 6.07) is 6.67. The summed E-state index contributed by atoms with van der Waals surface area (Å²) in [6.07, 6.45) is 5.04. The number of hydrogen-bond acceptors (Lipinski definition) is 4. The molecule has 2 saturated heterocycles. The molecule has 1 aromatic rings. The smallest absolute Gasteiger partial charge is 0.254 e. The highest BCUT2D eigenvalue weighted by Crippen LogP contribution is 2.42. The van der Waals surface area contributed by atoms with Crippen LogP contribution in [-0.4, -0.2) is 66.2 Å². The van der Waals surface area contributed by atoms with Gasteiger partial charge in [-0.25, -0.2) is 0 Å². The molecule has 3 fully saturated rings. The average molecular weight is 344 g/mol. The van der Waals surface area contributed by atoms with Crippen LogP contribution >= 0.6 is 0 Å². The predicted octanol–water partition coefficient (Wildman–Crippen LogP) is 2.36. The maximum absolute atomic E-state index is 12.7. The Morgan fingerprint density at radius 1 is 1.28 bits per heavy atom. The van der Waals surface area contributed by atoms with Crippen molar-refractivity contribution in [1.29, 1.82) is 0 Å². The minimum Gasteiger partial charge on any atom is -0.508 e. The van der Waals surface area contributed by atoms with E-state index in [1.807, 2.05) is 4.90 Å². The molecule has 3 aliphatic rings. The van der Waals surface area contributed by atoms with E-state index in [0.717, 1.165) is 38.6 Å². The van der Waals surface area contributed by atoms with Crippen LogP contribution in [0.3, 0.4) is 0 Å². The monoisotopic (exact) mass is 344 g/mol. The lowest BCUT2D eigenvalue weighted by molar-refractivity contribution is -0.0870. The summed E-state index contributed by atoms with van der Waals surface area (Å²) < 4.78 is 5.40. The molecule has 0 radical (unpaired) electrons. The highest BCUT2D eigenvalue weighted by Gasteiger charge is 2.52. The van der Waals surface area contributed by atoms with Crippen LogP contribution in [0.1, 0.15) is 36.0 Å². The molecule has 1 atom stereocenters. The number of carbonyl (C=O) groups excluding carboxylic acids is 1. The maximum Gasteiger partial charge on any atom is 0.254 e. The summed E-state index contributed by atoms with van der Waals surface area (Å²) in [5.74, 6) is 1.64. The van der Waals surface area contributed by atoms with Gasteiger partial charge in [-0.05, 0) is 62.3 Å². The molecule has 1 amide bonds. The molecular formula is C20H28N2O3. The second kappa shape index (κ2) is 6.61. The molecule has 1 unspecified atom stereocenters. The van der Waals surface area contributed by atoms with E-state index in [1.165, 1.54) is 25.8 Å². The highest BCUT2D eigenvalue weighted by atomic mass is 16.5. The normalized spacial score (nSPS) is 25.8. The van der Waals surface area contributed by atoms with Gasteiger partial charge in [-0.2, -0.15) is 0 Å². The molecule has 136 valence electrons. The fourth-order valence-electron chi connectivity index (χ4n) is 4.58. The summed E-state index contributed by atoms with van der Waals surface area (Å²) >= 11 is 0. The lowest BCUT2D eigenvalue weighted by Crippen LogP contribution is -2.73. The third-order valence-electron chi connectivity index (χ3n) is 6.08. The van der Waals surface area contributed by atoms with Gasteiger partial charge in [-0.3, -0.25) is 9.69 Å². The first-order chi connectivity index (χ1) is 12.1. The number of phenols is 1. The number of benzene rings is 1. The van der Waals surface area contributed by atoms with E-state index in [2.05, 4.69) is 4.90 Å². The van der Waals surface area contributed by atoms with E-state index in [4.69, 9.17) is 4.74 Å². The number of phenolic OH excluding ortho intramolecular Hbond substituents is 1. The molecule has 1 spiro atoms. The van der Waals surface area contributed by atoms with Gasteiger partial charge in [-0.15, -0.1) is 0 Å². The Bertz CT molecular complexity index is 638. The second-order valence-electron chi connectivity index (χ2n) is 8.14. The van der Waals surface area contributed by atoms with Gasteiger partial charge in [-0.1, -0.05) is 6.07 Å². The highest BCUT2D eigenvalue weighted by molar-refractivity contribution is 5.95. The van der Waals surface area contributed by atoms with Crippen molar-refractivity contribution < 1.29 is 14.6 Å². The zero-order valence-corrected chi connectivity index (χ0v) is 15.0. The van der Waals surface area contributed by atoms with Crippen LogP contribution in [0.2, 0.25) is 0 Å². The summed E-state index contributed by atoms with van der Waals surface area (Å²) in [6.45, 7) is 4.73. The van der Waals surface area contributed by atoms with Gasteiger partial charge in [0.2, 0.25) is 0 Å². The molecule has 0 aromatic heterocycles. The molecule has 1 aromatic carbocycles. The van der Waals surface area contributed by atoms with Crippen molar-refractivity contribution >= 4 is 5.91 Å². The minimum absolute atomic E-state index is 0.0294. The van der Waals surface area contributed by atoms with Crippen LogP contribution in [0, 0.1) is 11.8 Å². The Morgan fingerprint density at radius 3 is 2.76 bits per heavy atom. The number of nitrogens with zero attached hydrogens (tertiary/aromatic N) is 2. The SMILES string of the molecule is COCC1CCN(CC2CC2)C2(C1)CN(C(=O)c1cccc(O)c1)C2. The molecule has 2 heterocycles. The number of rotatable bonds is 5. The predicted molar refractivity (Wildman–Crippen MR) is 95.6 cm³/mol. The van der Waals surface area contributed by atoms with Gasteiger partial charge in [0.25, 0.3) is 5.91 Å². The van der Waals surface area contributed by atoms with E-state index < -0.39 is 0 Å². The van der Waals surface area contributed by atoms with Gasteiger partial charge in [0.15, 0.2) is 0 Å². The van der Waals surface area contributed by atoms with E-state index in [1.54, 1.807) is 31.4 Å². The molecule has 5 nitrogen and oxygen atoms in total. The molecule has 0 bridgehead atoms. The molecular weight excluding hydrogens is 316 g/mol. The van der Waals surface area contributed by atoms with Gasteiger partial charge in [0, 0.05) is 38.9 Å². The summed E-state index contributed by atoms with van der Waals surface area (Å²) in [7, 11) is 1.78. The third kappa shape index (κ3) is 3.40. The Labute approximate surface area is 149 Å². The molecule has 4 rings (SSSR count). The number of aromatic hydroxyl groups is 1. The molecule has 1 saturated carbocycles. The molecule has 25 heavy (non-hydrogen) atoms. The van der Waals surface area contributed by atoms with Crippen LogP contribution in [-0.2, 0) is 4.74 Å². The zero-order chi connectivity index (χ0) is 17.4. The summed E-state index contributed by atoms with van der Waals surface area (Å²) in [5, 5.41) is 9.63. The fourth-order valence-corrected chi connectivity index (χ4v) is 4.58. The topological polar surface area (TPSA) is 53.0 Å². The summed E-state index contributed by atoms with van der Waals surface area (Å²) in [4.78, 5) is 17.3. The third-order valence-corrected chi connectivity index (χ3v) is 6.08. The first kappa shape index (κ1) is 16.9. The van der Waals surface area contributed by atoms with Gasteiger partial charge in [0.1, 0.15) is 5.75 Å². The van der Waals surface area contributed by atoms with E-state index >= 15 is 0 Å². The largest absolute Gasteiger partial charge is 0.508 e. The minimum atomic E-state index is 0.0294. The lowest BCUT2D eigenvalue weighted by Gasteiger charge is -2.59. The summed E-state index contributed by atoms with van der Waals surface area (Å²) in [5.41, 5.74) is 0.712. The first-order valence-corrected chi connectivity index (χ1v) is 9.42. The van der Waals surface area contributed by atoms with Crippen molar-refractivity contribution in [3.8, 4) is 5.75 Å². The van der Waals surface area contributed by atoms with Gasteiger partial charge >= 0.3 is 0 Å². The number of amides is 1. The quantitative estimate of drug-likeness (QED) is 0.891. The number of likely N-dealkylation sites (tertiary alicyclic amines) is 2. The van der Waals surface area contributed by atoms with Crippen LogP contribution in [0.25, 0.3) is 0 Å².